The average Bonchev–Trinajstić information content (AvgIpc) is 3.06. The maximum atomic E-state index is 11.9. The van der Waals surface area contributed by atoms with Crippen LogP contribution in [0.25, 0.3) is 0 Å². The normalized spacial score (nSPS) is 16.0. The van der Waals surface area contributed by atoms with Crippen LogP contribution in [0.5, 0.6) is 5.75 Å². The summed E-state index contributed by atoms with van der Waals surface area (Å²) in [5, 5.41) is 0. The molecule has 0 spiro atoms. The van der Waals surface area contributed by atoms with E-state index < -0.39 is 5.54 Å². The Balaban J connectivity index is 1.81. The third-order valence-corrected chi connectivity index (χ3v) is 3.45. The minimum Gasteiger partial charge on any atom is -0.492 e. The lowest BCUT2D eigenvalue weighted by Crippen LogP contribution is -2.45. The van der Waals surface area contributed by atoms with E-state index >= 15 is 0 Å². The highest BCUT2D eigenvalue weighted by molar-refractivity contribution is 5.88. The summed E-state index contributed by atoms with van der Waals surface area (Å²) in [6, 6.07) is 6.11. The summed E-state index contributed by atoms with van der Waals surface area (Å²) in [4.78, 5) is 13.6. The van der Waals surface area contributed by atoms with Crippen LogP contribution in [0.1, 0.15) is 24.0 Å². The number of hydrogen-bond acceptors (Lipinski definition) is 3. The van der Waals surface area contributed by atoms with Gasteiger partial charge in [0.15, 0.2) is 0 Å². The van der Waals surface area contributed by atoms with Crippen molar-refractivity contribution in [1.82, 2.24) is 4.90 Å². The van der Waals surface area contributed by atoms with Crippen LogP contribution < -0.4 is 10.5 Å². The van der Waals surface area contributed by atoms with Crippen LogP contribution in [0.3, 0.4) is 0 Å². The average molecular weight is 262 g/mol. The number of nitrogens with two attached hydrogens (primary N) is 1. The minimum absolute atomic E-state index is 0.0246. The fourth-order valence-corrected chi connectivity index (χ4v) is 2.15. The van der Waals surface area contributed by atoms with Crippen molar-refractivity contribution >= 4 is 5.91 Å². The fraction of sp³-hybridized carbons (Fsp3) is 0.533. The number of carbonyl (C=O) groups is 1. The number of rotatable bonds is 5. The van der Waals surface area contributed by atoms with E-state index in [1.54, 1.807) is 11.9 Å². The predicted molar refractivity (Wildman–Crippen MR) is 75.2 cm³/mol. The highest BCUT2D eigenvalue weighted by Gasteiger charge is 2.47. The van der Waals surface area contributed by atoms with Crippen molar-refractivity contribution < 1.29 is 9.53 Å². The Morgan fingerprint density at radius 1 is 1.32 bits per heavy atom. The largest absolute Gasteiger partial charge is 0.492 e. The van der Waals surface area contributed by atoms with Gasteiger partial charge in [-0.3, -0.25) is 4.79 Å². The van der Waals surface area contributed by atoms with E-state index in [1.807, 2.05) is 26.0 Å². The molecule has 0 heterocycles. The first-order valence-corrected chi connectivity index (χ1v) is 6.66. The molecule has 0 saturated heterocycles. The van der Waals surface area contributed by atoms with Gasteiger partial charge in [-0.1, -0.05) is 6.07 Å². The molecule has 0 aromatic heterocycles. The summed E-state index contributed by atoms with van der Waals surface area (Å²) in [5.41, 5.74) is 7.65. The van der Waals surface area contributed by atoms with Gasteiger partial charge in [-0.15, -0.1) is 0 Å². The Kier molecular flexibility index (Phi) is 3.80. The molecule has 0 radical (unpaired) electrons. The van der Waals surface area contributed by atoms with Crippen molar-refractivity contribution in [3.05, 3.63) is 29.3 Å². The molecule has 1 aliphatic carbocycles. The van der Waals surface area contributed by atoms with Gasteiger partial charge in [0, 0.05) is 7.05 Å². The lowest BCUT2D eigenvalue weighted by atomic mass is 10.1. The molecule has 0 aliphatic heterocycles. The smallest absolute Gasteiger partial charge is 0.242 e. The SMILES string of the molecule is Cc1cc(C)cc(OCCN(C)C(=O)C2(N)CC2)c1. The number of benzene rings is 1. The Morgan fingerprint density at radius 2 is 1.89 bits per heavy atom. The Bertz CT molecular complexity index is 461. The van der Waals surface area contributed by atoms with E-state index in [0.29, 0.717) is 13.2 Å². The third-order valence-electron chi connectivity index (χ3n) is 3.45. The second-order valence-electron chi connectivity index (χ2n) is 5.55. The third kappa shape index (κ3) is 3.47. The number of hydrogen-bond donors (Lipinski definition) is 1. The van der Waals surface area contributed by atoms with Crippen molar-refractivity contribution in [2.24, 2.45) is 5.73 Å². The van der Waals surface area contributed by atoms with Gasteiger partial charge in [0.25, 0.3) is 0 Å². The van der Waals surface area contributed by atoms with Gasteiger partial charge < -0.3 is 15.4 Å². The second kappa shape index (κ2) is 5.21. The monoisotopic (exact) mass is 262 g/mol. The number of aryl methyl sites for hydroxylation is 2. The lowest BCUT2D eigenvalue weighted by molar-refractivity contribution is -0.132. The summed E-state index contributed by atoms with van der Waals surface area (Å²) in [5.74, 6) is 0.878. The van der Waals surface area contributed by atoms with E-state index in [2.05, 4.69) is 6.07 Å². The number of likely N-dealkylation sites (N-methyl/N-ethyl adjacent to an activating group) is 1. The molecule has 2 rings (SSSR count). The molecule has 1 aromatic rings. The predicted octanol–water partition coefficient (Wildman–Crippen LogP) is 1.63. The van der Waals surface area contributed by atoms with Crippen molar-refractivity contribution in [2.45, 2.75) is 32.2 Å². The summed E-state index contributed by atoms with van der Waals surface area (Å²) in [6.07, 6.45) is 1.60. The van der Waals surface area contributed by atoms with Crippen LogP contribution in [0, 0.1) is 13.8 Å². The molecule has 0 unspecified atom stereocenters. The molecule has 1 aromatic carbocycles. The maximum Gasteiger partial charge on any atom is 0.242 e. The second-order valence-corrected chi connectivity index (χ2v) is 5.55. The fourth-order valence-electron chi connectivity index (χ4n) is 2.15. The van der Waals surface area contributed by atoms with E-state index in [-0.39, 0.29) is 5.91 Å². The Labute approximate surface area is 114 Å². The van der Waals surface area contributed by atoms with Gasteiger partial charge in [-0.25, -0.2) is 0 Å². The van der Waals surface area contributed by atoms with E-state index in [9.17, 15) is 4.79 Å². The van der Waals surface area contributed by atoms with Gasteiger partial charge in [-0.05, 0) is 49.9 Å². The Hall–Kier alpha value is -1.55. The van der Waals surface area contributed by atoms with Crippen molar-refractivity contribution in [3.63, 3.8) is 0 Å². The van der Waals surface area contributed by atoms with Crippen molar-refractivity contribution in [3.8, 4) is 5.75 Å². The number of nitrogens with zero attached hydrogens (tertiary/aromatic N) is 1. The van der Waals surface area contributed by atoms with Gasteiger partial charge in [0.2, 0.25) is 5.91 Å². The summed E-state index contributed by atoms with van der Waals surface area (Å²) < 4.78 is 5.69. The number of carbonyl (C=O) groups excluding carboxylic acids is 1. The molecule has 19 heavy (non-hydrogen) atoms. The van der Waals surface area contributed by atoms with Crippen LogP contribution in [-0.4, -0.2) is 36.5 Å². The zero-order chi connectivity index (χ0) is 14.0. The number of ether oxygens (including phenoxy) is 1. The first-order valence-electron chi connectivity index (χ1n) is 6.66. The quantitative estimate of drug-likeness (QED) is 0.877. The van der Waals surface area contributed by atoms with Crippen LogP contribution in [0.15, 0.2) is 18.2 Å². The van der Waals surface area contributed by atoms with Gasteiger partial charge in [0.05, 0.1) is 12.1 Å². The van der Waals surface area contributed by atoms with Gasteiger partial charge >= 0.3 is 0 Å². The molecule has 104 valence electrons. The van der Waals surface area contributed by atoms with Crippen LogP contribution in [-0.2, 0) is 4.79 Å². The van der Waals surface area contributed by atoms with Crippen LogP contribution >= 0.6 is 0 Å². The standard InChI is InChI=1S/C15H22N2O2/c1-11-8-12(2)10-13(9-11)19-7-6-17(3)14(18)15(16)4-5-15/h8-10H,4-7,16H2,1-3H3. The van der Waals surface area contributed by atoms with Crippen molar-refractivity contribution in [2.75, 3.05) is 20.2 Å². The molecule has 2 N–H and O–H groups in total. The minimum atomic E-state index is -0.589. The molecule has 0 atom stereocenters. The first-order chi connectivity index (χ1) is 8.90. The molecule has 4 heteroatoms. The highest BCUT2D eigenvalue weighted by atomic mass is 16.5. The summed E-state index contributed by atoms with van der Waals surface area (Å²) >= 11 is 0. The molecule has 0 bridgehead atoms. The number of amides is 1. The van der Waals surface area contributed by atoms with Gasteiger partial charge in [0.1, 0.15) is 12.4 Å². The molecule has 1 saturated carbocycles. The highest BCUT2D eigenvalue weighted by Crippen LogP contribution is 2.33. The summed E-state index contributed by atoms with van der Waals surface area (Å²) in [6.45, 7) is 5.13. The van der Waals surface area contributed by atoms with Crippen molar-refractivity contribution in [1.29, 1.82) is 0 Å². The first kappa shape index (κ1) is 13.9. The topological polar surface area (TPSA) is 55.6 Å². The van der Waals surface area contributed by atoms with Crippen LogP contribution in [0.2, 0.25) is 0 Å². The zero-order valence-electron chi connectivity index (χ0n) is 11.9. The van der Waals surface area contributed by atoms with Gasteiger partial charge in [-0.2, -0.15) is 0 Å². The van der Waals surface area contributed by atoms with E-state index in [1.165, 1.54) is 11.1 Å². The maximum absolute atomic E-state index is 11.9. The molecular formula is C15H22N2O2. The molecule has 4 nitrogen and oxygen atoms in total. The molecular weight excluding hydrogens is 240 g/mol. The molecule has 1 amide bonds. The molecule has 1 aliphatic rings. The lowest BCUT2D eigenvalue weighted by Gasteiger charge is -2.21. The summed E-state index contributed by atoms with van der Waals surface area (Å²) in [7, 11) is 1.78. The van der Waals surface area contributed by atoms with Crippen LogP contribution in [0.4, 0.5) is 0 Å². The molecule has 1 fully saturated rings. The van der Waals surface area contributed by atoms with E-state index in [4.69, 9.17) is 10.5 Å². The Morgan fingerprint density at radius 3 is 2.42 bits per heavy atom. The zero-order valence-corrected chi connectivity index (χ0v) is 11.9. The van der Waals surface area contributed by atoms with E-state index in [0.717, 1.165) is 18.6 Å².